The quantitative estimate of drug-likeness (QED) is 0.212. The average molecular weight is 616 g/mol. The van der Waals surface area contributed by atoms with Gasteiger partial charge in [-0.1, -0.05) is 42.5 Å². The summed E-state index contributed by atoms with van der Waals surface area (Å²) in [7, 11) is -11.0. The molecule has 2 unspecified atom stereocenters. The van der Waals surface area contributed by atoms with Crippen LogP contribution in [-0.4, -0.2) is 45.8 Å². The summed E-state index contributed by atoms with van der Waals surface area (Å²) in [6.07, 6.45) is 4.14. The SMILES string of the molecule is CCOP(=O)(O)C(Cc1cccc(-c2cc(C(C)(C)S(C)(=O)=O)cc3cccnc23)c1)c1ccc(S(C)(=O)=O)cc1. The van der Waals surface area contributed by atoms with E-state index in [4.69, 9.17) is 4.52 Å². The molecule has 218 valence electrons. The molecule has 41 heavy (non-hydrogen) atoms. The standard InChI is InChI=1S/C30H34NO7PS2/c1-6-38-39(32,33)28(22-12-14-26(15-13-22)40(4,34)35)18-21-9-7-10-23(17-21)27-20-25(30(2,3)41(5,36)37)19-24-11-8-16-31-29(24)27/h7-17,19-20,28H,6,18H2,1-5H3,(H,32,33). The van der Waals surface area contributed by atoms with Crippen LogP contribution in [0.15, 0.2) is 83.9 Å². The zero-order valence-corrected chi connectivity index (χ0v) is 26.1. The molecule has 0 aliphatic carbocycles. The molecule has 3 aromatic carbocycles. The Morgan fingerprint density at radius 1 is 0.951 bits per heavy atom. The highest BCUT2D eigenvalue weighted by molar-refractivity contribution is 7.91. The molecule has 0 spiro atoms. The summed E-state index contributed by atoms with van der Waals surface area (Å²) in [4.78, 5) is 15.6. The van der Waals surface area contributed by atoms with Crippen LogP contribution in [0.2, 0.25) is 0 Å². The van der Waals surface area contributed by atoms with Gasteiger partial charge < -0.3 is 9.42 Å². The molecule has 0 fully saturated rings. The first-order valence-electron chi connectivity index (χ1n) is 13.0. The summed E-state index contributed by atoms with van der Waals surface area (Å²) < 4.78 is 66.7. The molecule has 11 heteroatoms. The van der Waals surface area contributed by atoms with Gasteiger partial charge in [0.1, 0.15) is 0 Å². The predicted molar refractivity (Wildman–Crippen MR) is 162 cm³/mol. The van der Waals surface area contributed by atoms with Gasteiger partial charge in [-0.3, -0.25) is 9.55 Å². The van der Waals surface area contributed by atoms with Crippen molar-refractivity contribution in [3.05, 3.63) is 95.7 Å². The number of hydrogen-bond donors (Lipinski definition) is 1. The summed E-state index contributed by atoms with van der Waals surface area (Å²) in [5.41, 5.74) is 3.11. The molecule has 1 heterocycles. The number of fused-ring (bicyclic) bond motifs is 1. The van der Waals surface area contributed by atoms with E-state index in [1.54, 1.807) is 45.2 Å². The first kappa shape index (κ1) is 31.1. The molecule has 0 bridgehead atoms. The van der Waals surface area contributed by atoms with E-state index in [0.717, 1.165) is 28.3 Å². The van der Waals surface area contributed by atoms with E-state index in [-0.39, 0.29) is 17.9 Å². The van der Waals surface area contributed by atoms with Crippen molar-refractivity contribution in [3.63, 3.8) is 0 Å². The summed E-state index contributed by atoms with van der Waals surface area (Å²) in [5.74, 6) is 0. The van der Waals surface area contributed by atoms with Crippen LogP contribution in [0.25, 0.3) is 22.0 Å². The van der Waals surface area contributed by atoms with Crippen molar-refractivity contribution in [3.8, 4) is 11.1 Å². The minimum absolute atomic E-state index is 0.0340. The zero-order chi connectivity index (χ0) is 30.2. The van der Waals surface area contributed by atoms with Crippen molar-refractivity contribution in [1.82, 2.24) is 4.98 Å². The lowest BCUT2D eigenvalue weighted by Gasteiger charge is -2.25. The molecule has 4 aromatic rings. The highest BCUT2D eigenvalue weighted by Crippen LogP contribution is 2.58. The van der Waals surface area contributed by atoms with Gasteiger partial charge in [0.2, 0.25) is 0 Å². The molecule has 4 rings (SSSR count). The lowest BCUT2D eigenvalue weighted by Crippen LogP contribution is -2.28. The lowest BCUT2D eigenvalue weighted by molar-refractivity contribution is 0.264. The minimum atomic E-state index is -4.15. The summed E-state index contributed by atoms with van der Waals surface area (Å²) >= 11 is 0. The van der Waals surface area contributed by atoms with E-state index >= 15 is 0 Å². The van der Waals surface area contributed by atoms with Crippen LogP contribution in [-0.2, 0) is 39.9 Å². The van der Waals surface area contributed by atoms with E-state index in [2.05, 4.69) is 4.98 Å². The van der Waals surface area contributed by atoms with Crippen molar-refractivity contribution in [1.29, 1.82) is 0 Å². The van der Waals surface area contributed by atoms with Crippen molar-refractivity contribution < 1.29 is 30.8 Å². The maximum absolute atomic E-state index is 13.3. The number of benzene rings is 3. The third-order valence-corrected chi connectivity index (χ3v) is 12.5. The molecule has 8 nitrogen and oxygen atoms in total. The topological polar surface area (TPSA) is 128 Å². The van der Waals surface area contributed by atoms with Crippen molar-refractivity contribution in [2.24, 2.45) is 0 Å². The summed E-state index contributed by atoms with van der Waals surface area (Å²) in [6, 6.07) is 20.8. The third-order valence-electron chi connectivity index (χ3n) is 7.40. The predicted octanol–water partition coefficient (Wildman–Crippen LogP) is 6.09. The van der Waals surface area contributed by atoms with E-state index < -0.39 is 37.7 Å². The average Bonchev–Trinajstić information content (AvgIpc) is 2.90. The Kier molecular flexibility index (Phi) is 8.65. The Labute approximate surface area is 241 Å². The second-order valence-corrected chi connectivity index (χ2v) is 17.2. The van der Waals surface area contributed by atoms with Crippen LogP contribution in [0.5, 0.6) is 0 Å². The van der Waals surface area contributed by atoms with Crippen LogP contribution in [0.3, 0.4) is 0 Å². The van der Waals surface area contributed by atoms with Gasteiger partial charge in [0.05, 0.1) is 27.4 Å². The lowest BCUT2D eigenvalue weighted by atomic mass is 9.92. The van der Waals surface area contributed by atoms with Crippen LogP contribution in [0.4, 0.5) is 0 Å². The number of pyridine rings is 1. The van der Waals surface area contributed by atoms with Gasteiger partial charge >= 0.3 is 7.60 Å². The molecule has 0 radical (unpaired) electrons. The highest BCUT2D eigenvalue weighted by Gasteiger charge is 2.35. The fraction of sp³-hybridized carbons (Fsp3) is 0.300. The first-order valence-corrected chi connectivity index (χ1v) is 18.4. The normalized spacial score (nSPS) is 15.0. The highest BCUT2D eigenvalue weighted by atomic mass is 32.2. The second-order valence-electron chi connectivity index (χ2n) is 10.6. The maximum Gasteiger partial charge on any atom is 0.335 e. The molecule has 0 amide bonds. The van der Waals surface area contributed by atoms with Gasteiger partial charge in [-0.15, -0.1) is 0 Å². The smallest absolute Gasteiger partial charge is 0.324 e. The van der Waals surface area contributed by atoms with Crippen molar-refractivity contribution in [2.45, 2.75) is 42.5 Å². The molecule has 1 aromatic heterocycles. The van der Waals surface area contributed by atoms with E-state index in [0.29, 0.717) is 16.6 Å². The summed E-state index contributed by atoms with van der Waals surface area (Å²) in [6.45, 7) is 5.02. The van der Waals surface area contributed by atoms with Crippen molar-refractivity contribution in [2.75, 3.05) is 19.1 Å². The van der Waals surface area contributed by atoms with Crippen LogP contribution in [0, 0.1) is 0 Å². The Morgan fingerprint density at radius 3 is 2.24 bits per heavy atom. The summed E-state index contributed by atoms with van der Waals surface area (Å²) in [5, 5.41) is 0.794. The molecular formula is C30H34NO7PS2. The Bertz CT molecular complexity index is 1850. The number of rotatable bonds is 10. The van der Waals surface area contributed by atoms with E-state index in [1.807, 2.05) is 42.5 Å². The second kappa shape index (κ2) is 11.4. The van der Waals surface area contributed by atoms with E-state index in [9.17, 15) is 26.3 Å². The number of sulfone groups is 2. The van der Waals surface area contributed by atoms with Gasteiger partial charge in [0.25, 0.3) is 0 Å². The van der Waals surface area contributed by atoms with Gasteiger partial charge in [0.15, 0.2) is 19.7 Å². The van der Waals surface area contributed by atoms with Crippen LogP contribution >= 0.6 is 7.60 Å². The third kappa shape index (κ3) is 6.63. The molecule has 0 aliphatic heterocycles. The van der Waals surface area contributed by atoms with Gasteiger partial charge in [-0.25, -0.2) is 16.8 Å². The largest absolute Gasteiger partial charge is 0.335 e. The first-order chi connectivity index (χ1) is 19.0. The molecule has 2 atom stereocenters. The number of nitrogens with zero attached hydrogens (tertiary/aromatic N) is 1. The molecule has 0 saturated heterocycles. The van der Waals surface area contributed by atoms with E-state index in [1.165, 1.54) is 18.4 Å². The monoisotopic (exact) mass is 615 g/mol. The Balaban J connectivity index is 1.83. The minimum Gasteiger partial charge on any atom is -0.324 e. The van der Waals surface area contributed by atoms with Gasteiger partial charge in [-0.05, 0) is 79.8 Å². The number of aromatic nitrogens is 1. The van der Waals surface area contributed by atoms with Gasteiger partial charge in [-0.2, -0.15) is 0 Å². The van der Waals surface area contributed by atoms with Crippen LogP contribution in [0.1, 0.15) is 43.1 Å². The zero-order valence-electron chi connectivity index (χ0n) is 23.6. The van der Waals surface area contributed by atoms with Gasteiger partial charge in [0, 0.05) is 29.7 Å². The molecule has 0 aliphatic rings. The number of hydrogen-bond acceptors (Lipinski definition) is 7. The Morgan fingerprint density at radius 2 is 1.63 bits per heavy atom. The fourth-order valence-corrected chi connectivity index (χ4v) is 7.41. The molecule has 1 N–H and O–H groups in total. The van der Waals surface area contributed by atoms with Crippen LogP contribution < -0.4 is 0 Å². The fourth-order valence-electron chi connectivity index (χ4n) is 4.70. The van der Waals surface area contributed by atoms with Crippen molar-refractivity contribution >= 4 is 38.2 Å². The maximum atomic E-state index is 13.3. The Hall–Kier alpha value is -2.88. The molecular weight excluding hydrogens is 581 g/mol. The molecule has 0 saturated carbocycles.